The monoisotopic (exact) mass is 273 g/mol. The van der Waals surface area contributed by atoms with Gasteiger partial charge in [-0.05, 0) is 25.1 Å². The zero-order valence-electron chi connectivity index (χ0n) is 10.6. The Hall–Kier alpha value is -2.07. The van der Waals surface area contributed by atoms with Gasteiger partial charge >= 0.3 is 0 Å². The predicted octanol–water partition coefficient (Wildman–Crippen LogP) is 3.37. The van der Waals surface area contributed by atoms with Crippen molar-refractivity contribution in [3.63, 3.8) is 0 Å². The lowest BCUT2D eigenvalue weighted by molar-refractivity contribution is 0.416. The number of ether oxygens (including phenoxy) is 1. The highest BCUT2D eigenvalue weighted by atomic mass is 35.5. The average molecular weight is 274 g/mol. The van der Waals surface area contributed by atoms with Crippen LogP contribution in [-0.2, 0) is 0 Å². The van der Waals surface area contributed by atoms with E-state index in [-0.39, 0.29) is 0 Å². The van der Waals surface area contributed by atoms with Crippen LogP contribution in [0.5, 0.6) is 5.75 Å². The molecule has 0 aliphatic rings. The molecule has 96 valence electrons. The predicted molar refractivity (Wildman–Crippen MR) is 74.7 cm³/mol. The molecule has 0 atom stereocenters. The first-order valence-electron chi connectivity index (χ1n) is 5.85. The first kappa shape index (κ1) is 12.0. The Labute approximate surface area is 115 Å². The van der Waals surface area contributed by atoms with E-state index >= 15 is 0 Å². The Bertz CT molecular complexity index is 752. The molecule has 0 N–H and O–H groups in total. The zero-order chi connectivity index (χ0) is 13.4. The Kier molecular flexibility index (Phi) is 2.87. The van der Waals surface area contributed by atoms with Gasteiger partial charge in [-0.1, -0.05) is 23.7 Å². The van der Waals surface area contributed by atoms with E-state index in [1.165, 1.54) is 0 Å². The SMILES string of the molecule is COc1ccccc1-c1cc2nc(C)cc(Cl)n2n1. The normalized spacial score (nSPS) is 10.9. The van der Waals surface area contributed by atoms with Crippen molar-refractivity contribution in [3.05, 3.63) is 47.2 Å². The first-order chi connectivity index (χ1) is 9.19. The second-order valence-electron chi connectivity index (χ2n) is 4.22. The average Bonchev–Trinajstić information content (AvgIpc) is 2.82. The van der Waals surface area contributed by atoms with E-state index in [0.29, 0.717) is 5.15 Å². The molecule has 2 aromatic heterocycles. The molecule has 0 unspecified atom stereocenters. The highest BCUT2D eigenvalue weighted by molar-refractivity contribution is 6.29. The minimum Gasteiger partial charge on any atom is -0.496 e. The first-order valence-corrected chi connectivity index (χ1v) is 6.23. The van der Waals surface area contributed by atoms with Crippen LogP contribution in [0.3, 0.4) is 0 Å². The van der Waals surface area contributed by atoms with Gasteiger partial charge < -0.3 is 4.74 Å². The largest absolute Gasteiger partial charge is 0.496 e. The number of hydrogen-bond donors (Lipinski definition) is 0. The third kappa shape index (κ3) is 2.04. The smallest absolute Gasteiger partial charge is 0.157 e. The number of halogens is 1. The number of aryl methyl sites for hydroxylation is 1. The van der Waals surface area contributed by atoms with Crippen LogP contribution in [-0.4, -0.2) is 21.7 Å². The molecule has 4 nitrogen and oxygen atoms in total. The number of para-hydroxylation sites is 1. The summed E-state index contributed by atoms with van der Waals surface area (Å²) < 4.78 is 6.97. The van der Waals surface area contributed by atoms with E-state index in [0.717, 1.165) is 28.3 Å². The summed E-state index contributed by atoms with van der Waals surface area (Å²) in [7, 11) is 1.64. The van der Waals surface area contributed by atoms with Gasteiger partial charge in [0.2, 0.25) is 0 Å². The number of rotatable bonds is 2. The van der Waals surface area contributed by atoms with Crippen molar-refractivity contribution in [2.24, 2.45) is 0 Å². The number of fused-ring (bicyclic) bond motifs is 1. The minimum atomic E-state index is 0.545. The third-order valence-corrected chi connectivity index (χ3v) is 3.16. The topological polar surface area (TPSA) is 39.4 Å². The van der Waals surface area contributed by atoms with E-state index < -0.39 is 0 Å². The van der Waals surface area contributed by atoms with Crippen LogP contribution in [0, 0.1) is 6.92 Å². The number of methoxy groups -OCH3 is 1. The van der Waals surface area contributed by atoms with Crippen LogP contribution in [0.1, 0.15) is 5.69 Å². The summed E-state index contributed by atoms with van der Waals surface area (Å²) in [6.07, 6.45) is 0. The molecule has 0 spiro atoms. The molecule has 0 saturated heterocycles. The number of aromatic nitrogens is 3. The van der Waals surface area contributed by atoms with Crippen molar-refractivity contribution >= 4 is 17.2 Å². The number of hydrogen-bond acceptors (Lipinski definition) is 3. The van der Waals surface area contributed by atoms with Crippen LogP contribution in [0.2, 0.25) is 5.15 Å². The second-order valence-corrected chi connectivity index (χ2v) is 4.61. The van der Waals surface area contributed by atoms with Crippen molar-refractivity contribution in [2.45, 2.75) is 6.92 Å². The quantitative estimate of drug-likeness (QED) is 0.672. The maximum atomic E-state index is 6.17. The van der Waals surface area contributed by atoms with Gasteiger partial charge in [-0.25, -0.2) is 9.50 Å². The molecule has 0 bridgehead atoms. The highest BCUT2D eigenvalue weighted by Gasteiger charge is 2.11. The molecule has 19 heavy (non-hydrogen) atoms. The Morgan fingerprint density at radius 3 is 2.79 bits per heavy atom. The molecule has 2 heterocycles. The van der Waals surface area contributed by atoms with E-state index in [2.05, 4.69) is 10.1 Å². The fourth-order valence-corrected chi connectivity index (χ4v) is 2.32. The van der Waals surface area contributed by atoms with Crippen LogP contribution in [0.15, 0.2) is 36.4 Å². The highest BCUT2D eigenvalue weighted by Crippen LogP contribution is 2.29. The molecule has 3 aromatic rings. The molecule has 0 aliphatic carbocycles. The summed E-state index contributed by atoms with van der Waals surface area (Å²) in [4.78, 5) is 4.41. The molecular formula is C14H12ClN3O. The Morgan fingerprint density at radius 2 is 2.00 bits per heavy atom. The lowest BCUT2D eigenvalue weighted by Gasteiger charge is -2.04. The molecular weight excluding hydrogens is 262 g/mol. The lowest BCUT2D eigenvalue weighted by atomic mass is 10.1. The van der Waals surface area contributed by atoms with Crippen LogP contribution < -0.4 is 4.74 Å². The molecule has 0 fully saturated rings. The van der Waals surface area contributed by atoms with Gasteiger partial charge in [-0.2, -0.15) is 5.10 Å². The van der Waals surface area contributed by atoms with Crippen molar-refractivity contribution < 1.29 is 4.74 Å². The van der Waals surface area contributed by atoms with Gasteiger partial charge in [0.25, 0.3) is 0 Å². The van der Waals surface area contributed by atoms with Gasteiger partial charge in [-0.3, -0.25) is 0 Å². The molecule has 5 heteroatoms. The number of benzene rings is 1. The van der Waals surface area contributed by atoms with Crippen molar-refractivity contribution in [3.8, 4) is 17.0 Å². The van der Waals surface area contributed by atoms with E-state index in [9.17, 15) is 0 Å². The standard InChI is InChI=1S/C14H12ClN3O/c1-9-7-13(15)18-14(16-9)8-11(17-18)10-5-3-4-6-12(10)19-2/h3-8H,1-2H3. The molecule has 0 amide bonds. The molecule has 1 aromatic carbocycles. The van der Waals surface area contributed by atoms with Gasteiger partial charge in [0.1, 0.15) is 10.9 Å². The summed E-state index contributed by atoms with van der Waals surface area (Å²) in [5, 5.41) is 5.02. The summed E-state index contributed by atoms with van der Waals surface area (Å²) in [6, 6.07) is 11.4. The summed E-state index contributed by atoms with van der Waals surface area (Å²) in [5.41, 5.74) is 3.30. The van der Waals surface area contributed by atoms with Crippen LogP contribution in [0.4, 0.5) is 0 Å². The second kappa shape index (κ2) is 4.55. The maximum Gasteiger partial charge on any atom is 0.157 e. The van der Waals surface area contributed by atoms with Gasteiger partial charge in [0.15, 0.2) is 5.65 Å². The summed E-state index contributed by atoms with van der Waals surface area (Å²) >= 11 is 6.17. The molecule has 3 rings (SSSR count). The lowest BCUT2D eigenvalue weighted by Crippen LogP contribution is -1.94. The van der Waals surface area contributed by atoms with Gasteiger partial charge in [0.05, 0.1) is 12.8 Å². The van der Waals surface area contributed by atoms with Crippen molar-refractivity contribution in [1.29, 1.82) is 0 Å². The summed E-state index contributed by atoms with van der Waals surface area (Å²) in [6.45, 7) is 1.90. The molecule has 0 saturated carbocycles. The Morgan fingerprint density at radius 1 is 1.21 bits per heavy atom. The van der Waals surface area contributed by atoms with E-state index in [4.69, 9.17) is 16.3 Å². The number of nitrogens with zero attached hydrogens (tertiary/aromatic N) is 3. The summed E-state index contributed by atoms with van der Waals surface area (Å²) in [5.74, 6) is 0.777. The van der Waals surface area contributed by atoms with Crippen molar-refractivity contribution in [2.75, 3.05) is 7.11 Å². The van der Waals surface area contributed by atoms with Gasteiger partial charge in [0, 0.05) is 17.3 Å². The van der Waals surface area contributed by atoms with E-state index in [1.807, 2.05) is 37.3 Å². The Balaban J connectivity index is 2.23. The maximum absolute atomic E-state index is 6.17. The van der Waals surface area contributed by atoms with Crippen LogP contribution in [0.25, 0.3) is 16.9 Å². The van der Waals surface area contributed by atoms with E-state index in [1.54, 1.807) is 17.7 Å². The van der Waals surface area contributed by atoms with Gasteiger partial charge in [-0.15, -0.1) is 0 Å². The zero-order valence-corrected chi connectivity index (χ0v) is 11.3. The van der Waals surface area contributed by atoms with Crippen LogP contribution >= 0.6 is 11.6 Å². The molecule has 0 radical (unpaired) electrons. The fraction of sp³-hybridized carbons (Fsp3) is 0.143. The fourth-order valence-electron chi connectivity index (χ4n) is 2.04. The third-order valence-electron chi connectivity index (χ3n) is 2.89. The van der Waals surface area contributed by atoms with Crippen molar-refractivity contribution in [1.82, 2.24) is 14.6 Å². The molecule has 0 aliphatic heterocycles. The minimum absolute atomic E-state index is 0.545.